The molecule has 2 saturated heterocycles. The van der Waals surface area contributed by atoms with Crippen LogP contribution in [0, 0.1) is 0 Å². The van der Waals surface area contributed by atoms with Crippen LogP contribution in [0.1, 0.15) is 43.2 Å². The van der Waals surface area contributed by atoms with Crippen molar-refractivity contribution >= 4 is 23.6 Å². The van der Waals surface area contributed by atoms with E-state index < -0.39 is 0 Å². The highest BCUT2D eigenvalue weighted by atomic mass is 16.6. The average Bonchev–Trinajstić information content (AvgIpc) is 3.74. The Hall–Kier alpha value is -4.02. The van der Waals surface area contributed by atoms with Gasteiger partial charge >= 0.3 is 0 Å². The van der Waals surface area contributed by atoms with E-state index in [0.717, 1.165) is 50.4 Å². The van der Waals surface area contributed by atoms with Gasteiger partial charge in [0.25, 0.3) is 0 Å². The molecule has 0 amide bonds. The summed E-state index contributed by atoms with van der Waals surface area (Å²) in [5.41, 5.74) is 2.99. The number of methoxy groups -OCH3 is 2. The summed E-state index contributed by atoms with van der Waals surface area (Å²) in [6, 6.07) is 10.3. The normalized spacial score (nSPS) is 16.9. The highest BCUT2D eigenvalue weighted by Gasteiger charge is 2.12. The molecule has 2 aromatic rings. The third kappa shape index (κ3) is 10.6. The molecule has 2 aliphatic rings. The molecule has 0 saturated carbocycles. The largest absolute Gasteiger partial charge is 0.504 e. The minimum atomic E-state index is 0.0790. The lowest BCUT2D eigenvalue weighted by Crippen LogP contribution is -2.23. The predicted molar refractivity (Wildman–Crippen MR) is 170 cm³/mol. The van der Waals surface area contributed by atoms with Gasteiger partial charge in [-0.3, -0.25) is 9.80 Å². The quantitative estimate of drug-likeness (QED) is 0.156. The van der Waals surface area contributed by atoms with E-state index in [0.29, 0.717) is 42.6 Å². The van der Waals surface area contributed by atoms with E-state index in [-0.39, 0.29) is 11.5 Å². The molecule has 0 spiro atoms. The fraction of sp³-hybridized carbons (Fsp3) is 0.455. The maximum absolute atomic E-state index is 9.98. The van der Waals surface area contributed by atoms with Crippen LogP contribution in [-0.2, 0) is 9.68 Å². The third-order valence-corrected chi connectivity index (χ3v) is 7.46. The van der Waals surface area contributed by atoms with Crippen LogP contribution in [0.3, 0.4) is 0 Å². The molecule has 10 heteroatoms. The smallest absolute Gasteiger partial charge is 0.161 e. The molecular formula is C33H44N4O6. The van der Waals surface area contributed by atoms with Crippen LogP contribution < -0.4 is 9.47 Å². The van der Waals surface area contributed by atoms with Crippen LogP contribution in [0.15, 0.2) is 58.9 Å². The molecular weight excluding hydrogens is 548 g/mol. The van der Waals surface area contributed by atoms with Crippen LogP contribution in [0.4, 0.5) is 0 Å². The molecule has 2 aliphatic heterocycles. The lowest BCUT2D eigenvalue weighted by Gasteiger charge is -2.13. The van der Waals surface area contributed by atoms with Gasteiger partial charge in [-0.15, -0.1) is 0 Å². The van der Waals surface area contributed by atoms with E-state index in [2.05, 4.69) is 20.1 Å². The van der Waals surface area contributed by atoms with Crippen LogP contribution in [-0.4, -0.2) is 98.1 Å². The standard InChI is InChI=1S/C33H44N4O6/c1-40-32-23-26(9-13-30(32)38)7-11-28(34-42-21-19-36-15-3-4-16-36)25-29(35-43-22-20-37-17-5-6-18-37)12-8-27-10-14-31(39)33(24-27)41-2/h7-14,23-24,38-39H,3-6,15-22,25H2,1-2H3/b11-7+,12-8+,34-28+,35-29+. The molecule has 10 nitrogen and oxygen atoms in total. The van der Waals surface area contributed by atoms with E-state index in [9.17, 15) is 10.2 Å². The van der Waals surface area contributed by atoms with Crippen molar-refractivity contribution in [3.8, 4) is 23.0 Å². The molecule has 0 aliphatic carbocycles. The van der Waals surface area contributed by atoms with E-state index in [4.69, 9.17) is 19.1 Å². The van der Waals surface area contributed by atoms with Crippen molar-refractivity contribution in [3.05, 3.63) is 59.7 Å². The summed E-state index contributed by atoms with van der Waals surface area (Å²) in [5, 5.41) is 28.9. The summed E-state index contributed by atoms with van der Waals surface area (Å²) in [5.74, 6) is 0.942. The van der Waals surface area contributed by atoms with Gasteiger partial charge in [-0.1, -0.05) is 34.6 Å². The van der Waals surface area contributed by atoms with Crippen LogP contribution in [0.25, 0.3) is 12.2 Å². The van der Waals surface area contributed by atoms with E-state index in [1.807, 2.05) is 24.3 Å². The van der Waals surface area contributed by atoms with E-state index in [1.54, 1.807) is 36.4 Å². The molecule has 2 fully saturated rings. The third-order valence-electron chi connectivity index (χ3n) is 7.46. The van der Waals surface area contributed by atoms with Crippen molar-refractivity contribution in [2.75, 3.05) is 66.7 Å². The Morgan fingerprint density at radius 1 is 0.698 bits per heavy atom. The zero-order chi connectivity index (χ0) is 30.3. The number of hydrogen-bond donors (Lipinski definition) is 2. The van der Waals surface area contributed by atoms with Gasteiger partial charge in [-0.2, -0.15) is 0 Å². The minimum Gasteiger partial charge on any atom is -0.504 e. The number of hydrogen-bond acceptors (Lipinski definition) is 10. The number of nitrogens with zero attached hydrogens (tertiary/aromatic N) is 4. The van der Waals surface area contributed by atoms with Crippen molar-refractivity contribution < 1.29 is 29.4 Å². The number of rotatable bonds is 16. The molecule has 0 unspecified atom stereocenters. The van der Waals surface area contributed by atoms with Gasteiger partial charge < -0.3 is 29.4 Å². The Morgan fingerprint density at radius 2 is 1.12 bits per heavy atom. The average molecular weight is 593 g/mol. The molecule has 2 heterocycles. The first-order chi connectivity index (χ1) is 21.0. The molecule has 0 radical (unpaired) electrons. The van der Waals surface area contributed by atoms with E-state index >= 15 is 0 Å². The summed E-state index contributed by atoms with van der Waals surface area (Å²) in [6.45, 7) is 7.04. The first-order valence-corrected chi connectivity index (χ1v) is 15.0. The highest BCUT2D eigenvalue weighted by Crippen LogP contribution is 2.28. The Balaban J connectivity index is 1.52. The lowest BCUT2D eigenvalue weighted by atomic mass is 10.1. The Kier molecular flexibility index (Phi) is 12.7. The number of aromatic hydroxyl groups is 2. The van der Waals surface area contributed by atoms with Gasteiger partial charge in [0.2, 0.25) is 0 Å². The fourth-order valence-electron chi connectivity index (χ4n) is 5.02. The van der Waals surface area contributed by atoms with Gasteiger partial charge in [-0.25, -0.2) is 0 Å². The molecule has 232 valence electrons. The number of phenols is 2. The first kappa shape index (κ1) is 31.9. The van der Waals surface area contributed by atoms with Gasteiger partial charge in [-0.05, 0) is 99.4 Å². The van der Waals surface area contributed by atoms with Crippen LogP contribution in [0.2, 0.25) is 0 Å². The second-order valence-electron chi connectivity index (χ2n) is 10.6. The topological polar surface area (TPSA) is 109 Å². The Labute approximate surface area is 254 Å². The SMILES string of the molecule is COc1cc(/C=C/C(CC(/C=C/c2ccc(O)c(OC)c2)=N/OCCN2CCCC2)=N\OCCN2CCCC2)ccc1O. The molecule has 4 rings (SSSR count). The molecule has 2 N–H and O–H groups in total. The van der Waals surface area contributed by atoms with Crippen LogP contribution >= 0.6 is 0 Å². The van der Waals surface area contributed by atoms with E-state index in [1.165, 1.54) is 39.9 Å². The van der Waals surface area contributed by atoms with Crippen molar-refractivity contribution in [1.29, 1.82) is 0 Å². The maximum atomic E-state index is 9.98. The summed E-state index contributed by atoms with van der Waals surface area (Å²) >= 11 is 0. The van der Waals surface area contributed by atoms with Crippen molar-refractivity contribution in [2.45, 2.75) is 32.1 Å². The second-order valence-corrected chi connectivity index (χ2v) is 10.6. The zero-order valence-electron chi connectivity index (χ0n) is 25.3. The predicted octanol–water partition coefficient (Wildman–Crippen LogP) is 5.17. The fourth-order valence-corrected chi connectivity index (χ4v) is 5.02. The molecule has 43 heavy (non-hydrogen) atoms. The Morgan fingerprint density at radius 3 is 1.51 bits per heavy atom. The van der Waals surface area contributed by atoms with Gasteiger partial charge in [0.15, 0.2) is 23.0 Å². The Bertz CT molecular complexity index is 1180. The van der Waals surface area contributed by atoms with Crippen molar-refractivity contribution in [1.82, 2.24) is 9.80 Å². The highest BCUT2D eigenvalue weighted by molar-refractivity contribution is 6.15. The number of allylic oxidation sites excluding steroid dienone is 2. The number of ether oxygens (including phenoxy) is 2. The monoisotopic (exact) mass is 592 g/mol. The summed E-state index contributed by atoms with van der Waals surface area (Å²) in [7, 11) is 3.04. The number of benzene rings is 2. The van der Waals surface area contributed by atoms with Gasteiger partial charge in [0.1, 0.15) is 13.2 Å². The van der Waals surface area contributed by atoms with Crippen molar-refractivity contribution in [3.63, 3.8) is 0 Å². The second kappa shape index (κ2) is 17.2. The number of phenolic OH excluding ortho intramolecular Hbond substituents is 2. The molecule has 0 bridgehead atoms. The molecule has 2 aromatic carbocycles. The van der Waals surface area contributed by atoms with Gasteiger partial charge in [0.05, 0.1) is 25.6 Å². The summed E-state index contributed by atoms with van der Waals surface area (Å²) in [4.78, 5) is 16.3. The van der Waals surface area contributed by atoms with Gasteiger partial charge in [0, 0.05) is 19.5 Å². The van der Waals surface area contributed by atoms with Crippen molar-refractivity contribution in [2.24, 2.45) is 10.3 Å². The maximum Gasteiger partial charge on any atom is 0.161 e. The number of likely N-dealkylation sites (tertiary alicyclic amines) is 2. The molecule has 0 atom stereocenters. The van der Waals surface area contributed by atoms with Crippen LogP contribution in [0.5, 0.6) is 23.0 Å². The lowest BCUT2D eigenvalue weighted by molar-refractivity contribution is 0.117. The zero-order valence-corrected chi connectivity index (χ0v) is 25.3. The minimum absolute atomic E-state index is 0.0790. The summed E-state index contributed by atoms with van der Waals surface area (Å²) < 4.78 is 10.5. The summed E-state index contributed by atoms with van der Waals surface area (Å²) in [6.07, 6.45) is 12.8. The number of oxime groups is 2. The first-order valence-electron chi connectivity index (χ1n) is 15.0. The molecule has 0 aromatic heterocycles.